The van der Waals surface area contributed by atoms with Crippen LogP contribution in [0.1, 0.15) is 69.5 Å². The second kappa shape index (κ2) is 25.6. The molecule has 0 atom stereocenters. The zero-order chi connectivity index (χ0) is 56.3. The molecule has 5 heterocycles. The molecular formula is C63H49F3N8O4RuS. The van der Waals surface area contributed by atoms with Crippen LogP contribution < -0.4 is 19.5 Å². The van der Waals surface area contributed by atoms with Crippen molar-refractivity contribution in [1.82, 2.24) is 30.1 Å². The molecule has 400 valence electrons. The van der Waals surface area contributed by atoms with Gasteiger partial charge < -0.3 is 30.0 Å². The van der Waals surface area contributed by atoms with Crippen molar-refractivity contribution in [2.45, 2.75) is 58.5 Å². The summed E-state index contributed by atoms with van der Waals surface area (Å²) in [5, 5.41) is 20.2. The molecule has 0 aliphatic heterocycles. The van der Waals surface area contributed by atoms with E-state index in [0.717, 1.165) is 45.0 Å². The van der Waals surface area contributed by atoms with Gasteiger partial charge in [0.2, 0.25) is 0 Å². The molecule has 0 aliphatic rings. The van der Waals surface area contributed by atoms with Crippen LogP contribution in [0.2, 0.25) is 0 Å². The van der Waals surface area contributed by atoms with Gasteiger partial charge in [-0.2, -0.15) is 18.3 Å². The number of halogens is 3. The average Bonchev–Trinajstić information content (AvgIpc) is 3.95. The summed E-state index contributed by atoms with van der Waals surface area (Å²) in [5.41, 5.74) is 7.86. The Morgan fingerprint density at radius 3 is 1.57 bits per heavy atom. The number of pyridine rings is 4. The molecule has 5 aromatic heterocycles. The van der Waals surface area contributed by atoms with Crippen molar-refractivity contribution in [2.24, 2.45) is 0 Å². The van der Waals surface area contributed by atoms with Crippen LogP contribution in [0.5, 0.6) is 11.5 Å². The number of fused-ring (bicyclic) bond motifs is 2. The van der Waals surface area contributed by atoms with Gasteiger partial charge in [-0.1, -0.05) is 126 Å². The molecule has 5 aromatic carbocycles. The van der Waals surface area contributed by atoms with Gasteiger partial charge in [0.1, 0.15) is 17.2 Å². The molecule has 0 fully saturated rings. The SMILES string of the molecule is CC(C)(C)c1ccc(N(c2ccc(C(C)(C)C)cc2)c2ccnc(-c3cc(C(F)(F)F)n[n-]3)c2)cc1.O=COc1ccnc(-c2cc(OC=O)cc(-c3cc(C#Cc4ccc5cc6ccccc6cc5c4)ccn3)n2)c1.[N-]=C=S.[Ru+2]. The van der Waals surface area contributed by atoms with Crippen LogP contribution in [0, 0.1) is 11.8 Å². The summed E-state index contributed by atoms with van der Waals surface area (Å²) in [6.07, 6.45) is 0.162. The van der Waals surface area contributed by atoms with Crippen molar-refractivity contribution in [3.63, 3.8) is 0 Å². The number of thiocarbonyl (C=S) groups is 1. The predicted octanol–water partition coefficient (Wildman–Crippen LogP) is 14.8. The van der Waals surface area contributed by atoms with E-state index in [1.807, 2.05) is 36.4 Å². The van der Waals surface area contributed by atoms with Crippen molar-refractivity contribution in [3.8, 4) is 57.5 Å². The third-order valence-electron chi connectivity index (χ3n) is 12.3. The number of aromatic nitrogens is 6. The maximum atomic E-state index is 13.1. The number of ether oxygens (including phenoxy) is 2. The predicted molar refractivity (Wildman–Crippen MR) is 305 cm³/mol. The van der Waals surface area contributed by atoms with Crippen molar-refractivity contribution in [2.75, 3.05) is 4.90 Å². The molecule has 0 radical (unpaired) electrons. The number of rotatable bonds is 10. The number of nitrogens with zero attached hydrogens (tertiary/aromatic N) is 8. The van der Waals surface area contributed by atoms with Crippen LogP contribution in [-0.4, -0.2) is 43.1 Å². The van der Waals surface area contributed by atoms with E-state index in [-0.39, 0.29) is 41.8 Å². The van der Waals surface area contributed by atoms with E-state index in [9.17, 15) is 22.8 Å². The summed E-state index contributed by atoms with van der Waals surface area (Å²) in [6, 6.07) is 49.9. The Bertz CT molecular complexity index is 3860. The van der Waals surface area contributed by atoms with E-state index < -0.39 is 11.9 Å². The first-order valence-corrected chi connectivity index (χ1v) is 24.9. The third kappa shape index (κ3) is 14.7. The Balaban J connectivity index is 0.000000219. The summed E-state index contributed by atoms with van der Waals surface area (Å²) in [4.78, 5) is 41.6. The van der Waals surface area contributed by atoms with E-state index >= 15 is 0 Å². The molecule has 17 heteroatoms. The van der Waals surface area contributed by atoms with Gasteiger partial charge in [0, 0.05) is 65.0 Å². The van der Waals surface area contributed by atoms with Crippen molar-refractivity contribution >= 4 is 68.9 Å². The first-order chi connectivity index (χ1) is 37.8. The van der Waals surface area contributed by atoms with E-state index in [2.05, 4.69) is 186 Å². The Kier molecular flexibility index (Phi) is 18.8. The Morgan fingerprint density at radius 2 is 1.02 bits per heavy atom. The molecule has 0 aliphatic carbocycles. The number of carbonyl (C=O) groups excluding carboxylic acids is 2. The van der Waals surface area contributed by atoms with Gasteiger partial charge in [-0.05, 0) is 128 Å². The van der Waals surface area contributed by atoms with E-state index in [1.165, 1.54) is 33.3 Å². The van der Waals surface area contributed by atoms with Gasteiger partial charge in [-0.15, -0.1) is 0 Å². The molecule has 0 saturated heterocycles. The van der Waals surface area contributed by atoms with Gasteiger partial charge in [-0.3, -0.25) is 24.5 Å². The van der Waals surface area contributed by atoms with Crippen molar-refractivity contribution < 1.29 is 51.7 Å². The van der Waals surface area contributed by atoms with Crippen LogP contribution in [0.4, 0.5) is 30.2 Å². The standard InChI is InChI=1S/C33H19N3O4.C29H30F3N4.CNS.Ru/c37-20-39-28-10-12-35-31(17-28)33-19-29(40-21-38)18-32(36-33)30-14-23(9-11-34-30)6-5-22-7-8-26-15-24-3-1-2-4-25(24)16-27(26)13-22;1-27(2,3)19-7-11-21(12-8-19)36(22-13-9-20(10-14-22)28(4,5)6)23-15-16-33-24(17-23)25-18-26(35-34-25)29(30,31)32;2-1-3;/h1-4,7-21H;7-18H,1-6H3;;/q;2*-1;+2. The molecule has 0 N–H and O–H groups in total. The normalized spacial score (nSPS) is 11.0. The van der Waals surface area contributed by atoms with Crippen LogP contribution >= 0.6 is 12.2 Å². The fraction of sp³-hybridized carbons (Fsp3) is 0.143. The number of anilines is 3. The molecule has 0 saturated carbocycles. The smallest absolute Gasteiger partial charge is 0.753 e. The topological polar surface area (TPSA) is 157 Å². The number of carbonyl (C=O) groups is 2. The largest absolute Gasteiger partial charge is 2.00 e. The van der Waals surface area contributed by atoms with Crippen molar-refractivity contribution in [1.29, 1.82) is 0 Å². The molecule has 80 heavy (non-hydrogen) atoms. The quantitative estimate of drug-likeness (QED) is 0.0319. The Morgan fingerprint density at radius 1 is 0.537 bits per heavy atom. The van der Waals surface area contributed by atoms with E-state index in [1.54, 1.807) is 42.7 Å². The maximum absolute atomic E-state index is 13.1. The second-order valence-corrected chi connectivity index (χ2v) is 20.0. The molecule has 0 spiro atoms. The zero-order valence-corrected chi connectivity index (χ0v) is 46.6. The van der Waals surface area contributed by atoms with E-state index in [0.29, 0.717) is 47.2 Å². The van der Waals surface area contributed by atoms with Gasteiger partial charge >= 0.3 is 25.7 Å². The zero-order valence-electron chi connectivity index (χ0n) is 44.0. The summed E-state index contributed by atoms with van der Waals surface area (Å²) < 4.78 is 49.2. The molecular weight excluding hydrogens is 1120 g/mol. The minimum Gasteiger partial charge on any atom is -0.753 e. The number of alkyl halides is 3. The molecule has 0 bridgehead atoms. The fourth-order valence-corrected chi connectivity index (χ4v) is 8.31. The van der Waals surface area contributed by atoms with Gasteiger partial charge in [0.05, 0.1) is 28.5 Å². The van der Waals surface area contributed by atoms with Crippen LogP contribution in [-0.2, 0) is 46.1 Å². The van der Waals surface area contributed by atoms with Gasteiger partial charge in [0.25, 0.3) is 12.9 Å². The Labute approximate surface area is 478 Å². The van der Waals surface area contributed by atoms with Crippen LogP contribution in [0.25, 0.3) is 61.1 Å². The Hall–Kier alpha value is -9.06. The summed E-state index contributed by atoms with van der Waals surface area (Å²) in [7, 11) is 0. The summed E-state index contributed by atoms with van der Waals surface area (Å²) >= 11 is 3.70. The first-order valence-electron chi connectivity index (χ1n) is 24.5. The minimum atomic E-state index is -4.56. The summed E-state index contributed by atoms with van der Waals surface area (Å²) in [5.74, 6) is 7.03. The monoisotopic (exact) mass is 1170 g/mol. The van der Waals surface area contributed by atoms with E-state index in [4.69, 9.17) is 14.9 Å². The number of benzene rings is 5. The average molecular weight is 1170 g/mol. The van der Waals surface area contributed by atoms with Crippen LogP contribution in [0.3, 0.4) is 0 Å². The van der Waals surface area contributed by atoms with Gasteiger partial charge in [0.15, 0.2) is 0 Å². The molecule has 0 unspecified atom stereocenters. The molecule has 10 aromatic rings. The number of hydrogen-bond acceptors (Lipinski definition) is 11. The summed E-state index contributed by atoms with van der Waals surface area (Å²) in [6.45, 7) is 13.6. The number of isothiocyanates is 1. The van der Waals surface area contributed by atoms with Crippen LogP contribution in [0.15, 0.2) is 176 Å². The maximum Gasteiger partial charge on any atom is 2.00 e. The second-order valence-electron chi connectivity index (χ2n) is 19.9. The minimum absolute atomic E-state index is 0. The van der Waals surface area contributed by atoms with Crippen molar-refractivity contribution in [3.05, 3.63) is 210 Å². The molecule has 0 amide bonds. The van der Waals surface area contributed by atoms with Gasteiger partial charge in [-0.25, -0.2) is 4.98 Å². The molecule has 10 rings (SSSR count). The fourth-order valence-electron chi connectivity index (χ4n) is 8.31. The third-order valence-corrected chi connectivity index (χ3v) is 12.3. The molecule has 12 nitrogen and oxygen atoms in total. The number of hydrogen-bond donors (Lipinski definition) is 0. The first kappa shape index (κ1) is 58.6.